The molecule has 0 saturated carbocycles. The Morgan fingerprint density at radius 3 is 2.86 bits per heavy atom. The number of likely N-dealkylation sites (N-methyl/N-ethyl adjacent to an activating group) is 1. The molecular weight excluding hydrogens is 328 g/mol. The average Bonchev–Trinajstić information content (AvgIpc) is 2.99. The van der Waals surface area contributed by atoms with Gasteiger partial charge in [0.15, 0.2) is 0 Å². The Morgan fingerprint density at radius 1 is 1.38 bits per heavy atom. The van der Waals surface area contributed by atoms with Crippen LogP contribution in [0.2, 0.25) is 0 Å². The zero-order valence-electron chi connectivity index (χ0n) is 13.2. The van der Waals surface area contributed by atoms with Gasteiger partial charge in [-0.3, -0.25) is 4.90 Å². The second-order valence-corrected chi connectivity index (χ2v) is 6.52. The molecule has 0 bridgehead atoms. The number of hydrogen-bond acceptors (Lipinski definition) is 3. The molecule has 3 nitrogen and oxygen atoms in total. The third-order valence-corrected chi connectivity index (χ3v) is 4.76. The van der Waals surface area contributed by atoms with E-state index in [0.29, 0.717) is 6.10 Å². The SMILES string of the molecule is CCNCc1ccc(CN(CC)CC2CCCO2)c(Br)c1. The van der Waals surface area contributed by atoms with Gasteiger partial charge in [0.25, 0.3) is 0 Å². The fourth-order valence-electron chi connectivity index (χ4n) is 2.72. The molecule has 21 heavy (non-hydrogen) atoms. The van der Waals surface area contributed by atoms with Crippen LogP contribution in [0.5, 0.6) is 0 Å². The second kappa shape index (κ2) is 8.89. The summed E-state index contributed by atoms with van der Waals surface area (Å²) in [5, 5.41) is 3.36. The summed E-state index contributed by atoms with van der Waals surface area (Å²) < 4.78 is 6.97. The summed E-state index contributed by atoms with van der Waals surface area (Å²) in [6.07, 6.45) is 2.85. The maximum absolute atomic E-state index is 5.75. The van der Waals surface area contributed by atoms with E-state index in [0.717, 1.165) is 39.3 Å². The number of nitrogens with one attached hydrogen (secondary N) is 1. The molecule has 1 aliphatic rings. The molecule has 2 rings (SSSR count). The fraction of sp³-hybridized carbons (Fsp3) is 0.647. The van der Waals surface area contributed by atoms with E-state index >= 15 is 0 Å². The maximum Gasteiger partial charge on any atom is 0.0702 e. The Morgan fingerprint density at radius 2 is 2.24 bits per heavy atom. The van der Waals surface area contributed by atoms with Crippen molar-refractivity contribution in [2.24, 2.45) is 0 Å². The lowest BCUT2D eigenvalue weighted by molar-refractivity contribution is 0.0724. The molecule has 1 aromatic carbocycles. The van der Waals surface area contributed by atoms with Crippen LogP contribution in [0, 0.1) is 0 Å². The smallest absolute Gasteiger partial charge is 0.0702 e. The number of halogens is 1. The average molecular weight is 355 g/mol. The van der Waals surface area contributed by atoms with Gasteiger partial charge in [-0.05, 0) is 43.1 Å². The van der Waals surface area contributed by atoms with Crippen LogP contribution in [0.1, 0.15) is 37.8 Å². The largest absolute Gasteiger partial charge is 0.377 e. The highest BCUT2D eigenvalue weighted by molar-refractivity contribution is 9.10. The number of rotatable bonds is 8. The van der Waals surface area contributed by atoms with Gasteiger partial charge in [0, 0.05) is 30.7 Å². The van der Waals surface area contributed by atoms with Crippen molar-refractivity contribution in [2.45, 2.75) is 45.9 Å². The van der Waals surface area contributed by atoms with Crippen molar-refractivity contribution < 1.29 is 4.74 Å². The van der Waals surface area contributed by atoms with Gasteiger partial charge in [0.1, 0.15) is 0 Å². The Bertz CT molecular complexity index is 433. The molecule has 118 valence electrons. The number of hydrogen-bond donors (Lipinski definition) is 1. The fourth-order valence-corrected chi connectivity index (χ4v) is 3.27. The van der Waals surface area contributed by atoms with Gasteiger partial charge < -0.3 is 10.1 Å². The summed E-state index contributed by atoms with van der Waals surface area (Å²) in [6.45, 7) is 10.3. The predicted molar refractivity (Wildman–Crippen MR) is 91.4 cm³/mol. The highest BCUT2D eigenvalue weighted by Gasteiger charge is 2.19. The van der Waals surface area contributed by atoms with E-state index in [1.807, 2.05) is 0 Å². The summed E-state index contributed by atoms with van der Waals surface area (Å²) in [5.74, 6) is 0. The molecule has 1 fully saturated rings. The first-order valence-electron chi connectivity index (χ1n) is 8.05. The Labute approximate surface area is 137 Å². The third kappa shape index (κ3) is 5.37. The summed E-state index contributed by atoms with van der Waals surface area (Å²) in [7, 11) is 0. The van der Waals surface area contributed by atoms with Crippen molar-refractivity contribution in [1.82, 2.24) is 10.2 Å². The lowest BCUT2D eigenvalue weighted by atomic mass is 10.1. The molecule has 1 N–H and O–H groups in total. The van der Waals surface area contributed by atoms with Crippen LogP contribution in [-0.4, -0.2) is 37.2 Å². The van der Waals surface area contributed by atoms with Crippen LogP contribution in [0.25, 0.3) is 0 Å². The van der Waals surface area contributed by atoms with Crippen LogP contribution in [0.3, 0.4) is 0 Å². The van der Waals surface area contributed by atoms with E-state index in [1.54, 1.807) is 0 Å². The number of nitrogens with zero attached hydrogens (tertiary/aromatic N) is 1. The Hall–Kier alpha value is -0.420. The molecule has 0 amide bonds. The summed E-state index contributed by atoms with van der Waals surface area (Å²) in [5.41, 5.74) is 2.68. The molecule has 1 heterocycles. The quantitative estimate of drug-likeness (QED) is 0.772. The summed E-state index contributed by atoms with van der Waals surface area (Å²) >= 11 is 3.72. The van der Waals surface area contributed by atoms with E-state index in [1.165, 1.54) is 28.4 Å². The first-order valence-corrected chi connectivity index (χ1v) is 8.84. The van der Waals surface area contributed by atoms with E-state index in [4.69, 9.17) is 4.74 Å². The highest BCUT2D eigenvalue weighted by Crippen LogP contribution is 2.21. The molecule has 4 heteroatoms. The van der Waals surface area contributed by atoms with Gasteiger partial charge in [-0.25, -0.2) is 0 Å². The van der Waals surface area contributed by atoms with E-state index in [9.17, 15) is 0 Å². The maximum atomic E-state index is 5.75. The summed E-state index contributed by atoms with van der Waals surface area (Å²) in [6, 6.07) is 6.70. The van der Waals surface area contributed by atoms with E-state index in [-0.39, 0.29) is 0 Å². The highest BCUT2D eigenvalue weighted by atomic mass is 79.9. The lowest BCUT2D eigenvalue weighted by Crippen LogP contribution is -2.31. The van der Waals surface area contributed by atoms with Crippen molar-refractivity contribution in [3.8, 4) is 0 Å². The molecule has 0 radical (unpaired) electrons. The Kier molecular flexibility index (Phi) is 7.17. The number of ether oxygens (including phenoxy) is 1. The van der Waals surface area contributed by atoms with Gasteiger partial charge in [-0.15, -0.1) is 0 Å². The third-order valence-electron chi connectivity index (χ3n) is 4.02. The van der Waals surface area contributed by atoms with Crippen LogP contribution in [-0.2, 0) is 17.8 Å². The van der Waals surface area contributed by atoms with Crippen molar-refractivity contribution in [3.63, 3.8) is 0 Å². The van der Waals surface area contributed by atoms with Crippen LogP contribution < -0.4 is 5.32 Å². The molecule has 0 spiro atoms. The van der Waals surface area contributed by atoms with Gasteiger partial charge in [0.05, 0.1) is 6.10 Å². The monoisotopic (exact) mass is 354 g/mol. The van der Waals surface area contributed by atoms with Gasteiger partial charge >= 0.3 is 0 Å². The minimum Gasteiger partial charge on any atom is -0.377 e. The van der Waals surface area contributed by atoms with Gasteiger partial charge in [0.2, 0.25) is 0 Å². The van der Waals surface area contributed by atoms with Crippen molar-refractivity contribution in [3.05, 3.63) is 33.8 Å². The van der Waals surface area contributed by atoms with Gasteiger partial charge in [-0.2, -0.15) is 0 Å². The second-order valence-electron chi connectivity index (χ2n) is 5.67. The molecule has 1 saturated heterocycles. The lowest BCUT2D eigenvalue weighted by Gasteiger charge is -2.24. The molecule has 1 aliphatic heterocycles. The zero-order chi connectivity index (χ0) is 15.1. The van der Waals surface area contributed by atoms with E-state index < -0.39 is 0 Å². The first kappa shape index (κ1) is 16.9. The standard InChI is InChI=1S/C17H27BrN2O/c1-3-19-11-14-7-8-15(17(18)10-14)12-20(4-2)13-16-6-5-9-21-16/h7-8,10,16,19H,3-6,9,11-13H2,1-2H3. The Balaban J connectivity index is 1.93. The van der Waals surface area contributed by atoms with Crippen LogP contribution in [0.15, 0.2) is 22.7 Å². The van der Waals surface area contributed by atoms with Gasteiger partial charge in [-0.1, -0.05) is 41.9 Å². The first-order chi connectivity index (χ1) is 10.2. The molecule has 0 aromatic heterocycles. The topological polar surface area (TPSA) is 24.5 Å². The molecule has 0 aliphatic carbocycles. The molecule has 1 aromatic rings. The van der Waals surface area contributed by atoms with E-state index in [2.05, 4.69) is 58.2 Å². The normalized spacial score (nSPS) is 18.6. The van der Waals surface area contributed by atoms with Crippen molar-refractivity contribution in [2.75, 3.05) is 26.2 Å². The van der Waals surface area contributed by atoms with Crippen LogP contribution in [0.4, 0.5) is 0 Å². The molecule has 1 unspecified atom stereocenters. The van der Waals surface area contributed by atoms with Crippen LogP contribution >= 0.6 is 15.9 Å². The minimum atomic E-state index is 0.428. The number of benzene rings is 1. The molecule has 1 atom stereocenters. The zero-order valence-corrected chi connectivity index (χ0v) is 14.8. The summed E-state index contributed by atoms with van der Waals surface area (Å²) in [4.78, 5) is 2.47. The molecular formula is C17H27BrN2O. The minimum absolute atomic E-state index is 0.428. The van der Waals surface area contributed by atoms with Crippen molar-refractivity contribution >= 4 is 15.9 Å². The van der Waals surface area contributed by atoms with Crippen molar-refractivity contribution in [1.29, 1.82) is 0 Å². The predicted octanol–water partition coefficient (Wildman–Crippen LogP) is 3.56.